The highest BCUT2D eigenvalue weighted by atomic mass is 16.5. The fourth-order valence-corrected chi connectivity index (χ4v) is 1.06. The molecule has 0 atom stereocenters. The lowest BCUT2D eigenvalue weighted by atomic mass is 10.1. The van der Waals surface area contributed by atoms with Crippen LogP contribution in [0.2, 0.25) is 0 Å². The van der Waals surface area contributed by atoms with Gasteiger partial charge in [0.05, 0.1) is 24.6 Å². The van der Waals surface area contributed by atoms with Gasteiger partial charge in [0.25, 0.3) is 0 Å². The van der Waals surface area contributed by atoms with Crippen LogP contribution in [0.4, 0.5) is 5.82 Å². The zero-order chi connectivity index (χ0) is 12.9. The third kappa shape index (κ3) is 5.82. The molecule has 1 aromatic heterocycles. The largest absolute Gasteiger partial charge is 0.476 e. The molecule has 0 aromatic carbocycles. The Kier molecular flexibility index (Phi) is 4.39. The number of nitrogens with one attached hydrogen (secondary N) is 1. The third-order valence-corrected chi connectivity index (χ3v) is 1.88. The first kappa shape index (κ1) is 13.4. The lowest BCUT2D eigenvalue weighted by Gasteiger charge is -2.16. The molecular weight excluding hydrogens is 222 g/mol. The molecule has 0 spiro atoms. The molecular formula is C11H17N3O3. The van der Waals surface area contributed by atoms with Crippen LogP contribution in [0, 0.1) is 0 Å². The summed E-state index contributed by atoms with van der Waals surface area (Å²) in [5.74, 6) is 0.451. The molecule has 1 rings (SSSR count). The van der Waals surface area contributed by atoms with E-state index in [0.717, 1.165) is 0 Å². The standard InChI is InChI=1S/C11H17N3O3/c1-8(15)13-9-6-12-7-10(14-9)17-5-4-11(2,3)16/h6-7,16H,4-5H2,1-3H3,(H,13,14,15). The SMILES string of the molecule is CC(=O)Nc1cncc(OCCC(C)(C)O)n1. The summed E-state index contributed by atoms with van der Waals surface area (Å²) < 4.78 is 5.32. The van der Waals surface area contributed by atoms with Crippen LogP contribution in [0.15, 0.2) is 12.4 Å². The van der Waals surface area contributed by atoms with Gasteiger partial charge in [-0.15, -0.1) is 0 Å². The van der Waals surface area contributed by atoms with E-state index >= 15 is 0 Å². The second-order valence-corrected chi connectivity index (χ2v) is 4.33. The van der Waals surface area contributed by atoms with E-state index in [4.69, 9.17) is 4.74 Å². The minimum Gasteiger partial charge on any atom is -0.476 e. The van der Waals surface area contributed by atoms with Crippen molar-refractivity contribution in [2.45, 2.75) is 32.8 Å². The van der Waals surface area contributed by atoms with Crippen molar-refractivity contribution in [3.63, 3.8) is 0 Å². The topological polar surface area (TPSA) is 84.3 Å². The predicted molar refractivity (Wildman–Crippen MR) is 62.7 cm³/mol. The number of amides is 1. The molecule has 1 aromatic rings. The second kappa shape index (κ2) is 5.58. The molecule has 6 heteroatoms. The van der Waals surface area contributed by atoms with Gasteiger partial charge in [-0.3, -0.25) is 9.78 Å². The van der Waals surface area contributed by atoms with Crippen molar-refractivity contribution in [3.8, 4) is 5.88 Å². The number of aromatic nitrogens is 2. The molecule has 0 aliphatic rings. The quantitative estimate of drug-likeness (QED) is 0.800. The molecule has 0 bridgehead atoms. The van der Waals surface area contributed by atoms with Gasteiger partial charge in [0, 0.05) is 13.3 Å². The summed E-state index contributed by atoms with van der Waals surface area (Å²) in [5.41, 5.74) is -0.775. The fourth-order valence-electron chi connectivity index (χ4n) is 1.06. The van der Waals surface area contributed by atoms with Crippen LogP contribution in [-0.4, -0.2) is 33.2 Å². The molecule has 0 unspecified atom stereocenters. The number of rotatable bonds is 5. The van der Waals surface area contributed by atoms with Crippen LogP contribution < -0.4 is 10.1 Å². The van der Waals surface area contributed by atoms with E-state index in [-0.39, 0.29) is 5.91 Å². The molecule has 17 heavy (non-hydrogen) atoms. The molecule has 0 saturated heterocycles. The van der Waals surface area contributed by atoms with Crippen molar-refractivity contribution in [1.29, 1.82) is 0 Å². The highest BCUT2D eigenvalue weighted by molar-refractivity contribution is 5.87. The average molecular weight is 239 g/mol. The lowest BCUT2D eigenvalue weighted by molar-refractivity contribution is -0.114. The number of carbonyl (C=O) groups excluding carboxylic acids is 1. The first-order chi connectivity index (χ1) is 7.87. The predicted octanol–water partition coefficient (Wildman–Crippen LogP) is 0.975. The van der Waals surface area contributed by atoms with E-state index < -0.39 is 5.60 Å². The van der Waals surface area contributed by atoms with E-state index in [1.807, 2.05) is 0 Å². The number of nitrogens with zero attached hydrogens (tertiary/aromatic N) is 2. The monoisotopic (exact) mass is 239 g/mol. The minimum atomic E-state index is -0.775. The number of aliphatic hydroxyl groups is 1. The van der Waals surface area contributed by atoms with Crippen LogP contribution in [0.5, 0.6) is 5.88 Å². The highest BCUT2D eigenvalue weighted by Gasteiger charge is 2.12. The number of hydrogen-bond donors (Lipinski definition) is 2. The van der Waals surface area contributed by atoms with Crippen molar-refractivity contribution in [3.05, 3.63) is 12.4 Å². The highest BCUT2D eigenvalue weighted by Crippen LogP contribution is 2.12. The molecule has 6 nitrogen and oxygen atoms in total. The maximum atomic E-state index is 10.8. The van der Waals surface area contributed by atoms with Gasteiger partial charge in [0.15, 0.2) is 5.82 Å². The van der Waals surface area contributed by atoms with Gasteiger partial charge in [-0.2, -0.15) is 4.98 Å². The summed E-state index contributed by atoms with van der Waals surface area (Å²) in [4.78, 5) is 18.7. The van der Waals surface area contributed by atoms with E-state index in [2.05, 4.69) is 15.3 Å². The Morgan fingerprint density at radius 3 is 2.82 bits per heavy atom. The van der Waals surface area contributed by atoms with Gasteiger partial charge in [0.2, 0.25) is 11.8 Å². The first-order valence-corrected chi connectivity index (χ1v) is 5.32. The Bertz CT molecular complexity index is 388. The summed E-state index contributed by atoms with van der Waals surface area (Å²) >= 11 is 0. The van der Waals surface area contributed by atoms with Crippen molar-refractivity contribution >= 4 is 11.7 Å². The summed E-state index contributed by atoms with van der Waals surface area (Å²) in [6.45, 7) is 5.14. The number of carbonyl (C=O) groups is 1. The Morgan fingerprint density at radius 1 is 1.53 bits per heavy atom. The molecule has 0 aliphatic heterocycles. The van der Waals surface area contributed by atoms with Gasteiger partial charge in [-0.25, -0.2) is 0 Å². The van der Waals surface area contributed by atoms with Crippen LogP contribution in [0.1, 0.15) is 27.2 Å². The van der Waals surface area contributed by atoms with Crippen molar-refractivity contribution in [2.75, 3.05) is 11.9 Å². The van der Waals surface area contributed by atoms with Crippen LogP contribution in [0.3, 0.4) is 0 Å². The summed E-state index contributed by atoms with van der Waals surface area (Å²) in [7, 11) is 0. The normalized spacial score (nSPS) is 11.1. The third-order valence-electron chi connectivity index (χ3n) is 1.88. The van der Waals surface area contributed by atoms with Crippen LogP contribution >= 0.6 is 0 Å². The molecule has 94 valence electrons. The van der Waals surface area contributed by atoms with Crippen LogP contribution in [-0.2, 0) is 4.79 Å². The molecule has 1 amide bonds. The van der Waals surface area contributed by atoms with Gasteiger partial charge in [-0.1, -0.05) is 0 Å². The summed E-state index contributed by atoms with van der Waals surface area (Å²) in [6.07, 6.45) is 3.37. The Morgan fingerprint density at radius 2 is 2.24 bits per heavy atom. The fraction of sp³-hybridized carbons (Fsp3) is 0.545. The summed E-state index contributed by atoms with van der Waals surface area (Å²) in [5, 5.41) is 12.0. The average Bonchev–Trinajstić information content (AvgIpc) is 2.15. The van der Waals surface area contributed by atoms with E-state index in [9.17, 15) is 9.90 Å². The zero-order valence-corrected chi connectivity index (χ0v) is 10.2. The molecule has 0 radical (unpaired) electrons. The second-order valence-electron chi connectivity index (χ2n) is 4.33. The molecule has 0 fully saturated rings. The zero-order valence-electron chi connectivity index (χ0n) is 10.2. The van der Waals surface area contributed by atoms with Gasteiger partial charge < -0.3 is 15.2 Å². The van der Waals surface area contributed by atoms with Crippen molar-refractivity contribution in [2.24, 2.45) is 0 Å². The smallest absolute Gasteiger partial charge is 0.234 e. The molecule has 0 saturated carbocycles. The van der Waals surface area contributed by atoms with E-state index in [0.29, 0.717) is 24.7 Å². The van der Waals surface area contributed by atoms with Crippen molar-refractivity contribution < 1.29 is 14.6 Å². The van der Waals surface area contributed by atoms with E-state index in [1.54, 1.807) is 13.8 Å². The summed E-state index contributed by atoms with van der Waals surface area (Å²) in [6, 6.07) is 0. The number of anilines is 1. The maximum Gasteiger partial charge on any atom is 0.234 e. The van der Waals surface area contributed by atoms with Gasteiger partial charge in [0.1, 0.15) is 0 Å². The first-order valence-electron chi connectivity index (χ1n) is 5.32. The van der Waals surface area contributed by atoms with Crippen LogP contribution in [0.25, 0.3) is 0 Å². The Balaban J connectivity index is 2.51. The Labute approximate surface area is 100 Å². The molecule has 2 N–H and O–H groups in total. The lowest BCUT2D eigenvalue weighted by Crippen LogP contribution is -2.22. The molecule has 0 aliphatic carbocycles. The molecule has 1 heterocycles. The number of hydrogen-bond acceptors (Lipinski definition) is 5. The van der Waals surface area contributed by atoms with Gasteiger partial charge >= 0.3 is 0 Å². The number of ether oxygens (including phenoxy) is 1. The Hall–Kier alpha value is -1.69. The van der Waals surface area contributed by atoms with E-state index in [1.165, 1.54) is 19.3 Å². The minimum absolute atomic E-state index is 0.215. The van der Waals surface area contributed by atoms with Crippen molar-refractivity contribution in [1.82, 2.24) is 9.97 Å². The maximum absolute atomic E-state index is 10.8. The van der Waals surface area contributed by atoms with Gasteiger partial charge in [-0.05, 0) is 13.8 Å².